The van der Waals surface area contributed by atoms with Crippen molar-refractivity contribution in [2.45, 2.75) is 25.6 Å². The third-order valence-electron chi connectivity index (χ3n) is 1.77. The molecule has 0 aliphatic heterocycles. The first-order chi connectivity index (χ1) is 6.24. The fraction of sp³-hybridized carbons (Fsp3) is 0.455. The first-order valence-corrected chi connectivity index (χ1v) is 5.02. The van der Waals surface area contributed by atoms with Crippen molar-refractivity contribution in [3.05, 3.63) is 29.8 Å². The van der Waals surface area contributed by atoms with E-state index in [1.165, 1.54) is 5.56 Å². The molecule has 0 spiro atoms. The average molecular weight is 199 g/mol. The maximum absolute atomic E-state index is 5.93. The van der Waals surface area contributed by atoms with E-state index in [-0.39, 0.29) is 5.38 Å². The van der Waals surface area contributed by atoms with Crippen molar-refractivity contribution in [3.63, 3.8) is 0 Å². The zero-order valence-electron chi connectivity index (χ0n) is 8.09. The molecule has 1 aromatic rings. The van der Waals surface area contributed by atoms with Crippen LogP contribution in [0.5, 0.6) is 5.75 Å². The van der Waals surface area contributed by atoms with Crippen LogP contribution in [0, 0.1) is 0 Å². The van der Waals surface area contributed by atoms with Gasteiger partial charge in [0.2, 0.25) is 0 Å². The van der Waals surface area contributed by atoms with Gasteiger partial charge in [-0.3, -0.25) is 0 Å². The van der Waals surface area contributed by atoms with Crippen LogP contribution in [0.25, 0.3) is 0 Å². The Morgan fingerprint density at radius 3 is 2.69 bits per heavy atom. The Hall–Kier alpha value is -0.690. The molecule has 1 rings (SSSR count). The zero-order chi connectivity index (χ0) is 9.68. The highest BCUT2D eigenvalue weighted by molar-refractivity contribution is 6.20. The van der Waals surface area contributed by atoms with Gasteiger partial charge in [0.05, 0.1) is 6.61 Å². The molecule has 0 N–H and O–H groups in total. The van der Waals surface area contributed by atoms with E-state index in [1.807, 2.05) is 32.0 Å². The Morgan fingerprint density at radius 2 is 2.08 bits per heavy atom. The number of hydrogen-bond acceptors (Lipinski definition) is 1. The predicted molar refractivity (Wildman–Crippen MR) is 56.6 cm³/mol. The summed E-state index contributed by atoms with van der Waals surface area (Å²) in [5.41, 5.74) is 1.19. The minimum absolute atomic E-state index is 0.154. The second kappa shape index (κ2) is 5.13. The molecule has 0 fully saturated rings. The minimum atomic E-state index is 0.154. The van der Waals surface area contributed by atoms with Gasteiger partial charge < -0.3 is 4.74 Å². The molecule has 0 amide bonds. The summed E-state index contributed by atoms with van der Waals surface area (Å²) >= 11 is 5.93. The van der Waals surface area contributed by atoms with Crippen LogP contribution in [0.3, 0.4) is 0 Å². The third-order valence-corrected chi connectivity index (χ3v) is 1.93. The van der Waals surface area contributed by atoms with Crippen molar-refractivity contribution >= 4 is 11.6 Å². The molecule has 2 heteroatoms. The highest BCUT2D eigenvalue weighted by Gasteiger charge is 2.04. The van der Waals surface area contributed by atoms with Gasteiger partial charge in [-0.15, -0.1) is 11.6 Å². The summed E-state index contributed by atoms with van der Waals surface area (Å²) in [6.07, 6.45) is 0.859. The molecule has 1 atom stereocenters. The van der Waals surface area contributed by atoms with Crippen LogP contribution in [0.15, 0.2) is 24.3 Å². The Bertz CT molecular complexity index is 258. The quantitative estimate of drug-likeness (QED) is 0.675. The number of para-hydroxylation sites is 1. The highest BCUT2D eigenvalue weighted by Crippen LogP contribution is 2.20. The van der Waals surface area contributed by atoms with E-state index in [9.17, 15) is 0 Å². The fourth-order valence-electron chi connectivity index (χ4n) is 1.27. The molecule has 0 saturated heterocycles. The maximum Gasteiger partial charge on any atom is 0.122 e. The molecule has 72 valence electrons. The molecule has 0 aromatic heterocycles. The topological polar surface area (TPSA) is 9.23 Å². The minimum Gasteiger partial charge on any atom is -0.494 e. The first-order valence-electron chi connectivity index (χ1n) is 4.58. The van der Waals surface area contributed by atoms with Crippen molar-refractivity contribution in [1.82, 2.24) is 0 Å². The maximum atomic E-state index is 5.93. The van der Waals surface area contributed by atoms with Crippen molar-refractivity contribution in [2.75, 3.05) is 6.61 Å². The van der Waals surface area contributed by atoms with E-state index in [1.54, 1.807) is 0 Å². The lowest BCUT2D eigenvalue weighted by molar-refractivity contribution is 0.336. The number of alkyl halides is 1. The summed E-state index contributed by atoms with van der Waals surface area (Å²) in [6.45, 7) is 4.68. The van der Waals surface area contributed by atoms with Crippen LogP contribution in [0.2, 0.25) is 0 Å². The Kier molecular flexibility index (Phi) is 4.10. The number of halogens is 1. The molecule has 0 heterocycles. The molecule has 1 unspecified atom stereocenters. The normalized spacial score (nSPS) is 12.5. The molecule has 0 radical (unpaired) electrons. The van der Waals surface area contributed by atoms with Crippen LogP contribution in [0.1, 0.15) is 19.4 Å². The number of rotatable bonds is 4. The van der Waals surface area contributed by atoms with Crippen LogP contribution < -0.4 is 4.74 Å². The van der Waals surface area contributed by atoms with Gasteiger partial charge in [0.15, 0.2) is 0 Å². The summed E-state index contributed by atoms with van der Waals surface area (Å²) in [5.74, 6) is 0.956. The van der Waals surface area contributed by atoms with Gasteiger partial charge in [0.25, 0.3) is 0 Å². The second-order valence-corrected chi connectivity index (χ2v) is 3.77. The summed E-state index contributed by atoms with van der Waals surface area (Å²) in [7, 11) is 0. The fourth-order valence-corrected chi connectivity index (χ4v) is 1.44. The van der Waals surface area contributed by atoms with E-state index in [4.69, 9.17) is 16.3 Å². The zero-order valence-corrected chi connectivity index (χ0v) is 8.84. The molecule has 0 aliphatic carbocycles. The van der Waals surface area contributed by atoms with E-state index in [2.05, 4.69) is 6.07 Å². The lowest BCUT2D eigenvalue weighted by Crippen LogP contribution is -2.01. The van der Waals surface area contributed by atoms with Gasteiger partial charge in [-0.25, -0.2) is 0 Å². The standard InChI is InChI=1S/C11H15ClO/c1-3-13-11-7-5-4-6-10(11)8-9(2)12/h4-7,9H,3,8H2,1-2H3. The van der Waals surface area contributed by atoms with Crippen LogP contribution in [0.4, 0.5) is 0 Å². The molecular formula is C11H15ClO. The Balaban J connectivity index is 2.78. The number of benzene rings is 1. The van der Waals surface area contributed by atoms with Crippen LogP contribution in [-0.2, 0) is 6.42 Å². The lowest BCUT2D eigenvalue weighted by Gasteiger charge is -2.10. The van der Waals surface area contributed by atoms with Gasteiger partial charge in [-0.05, 0) is 31.9 Å². The van der Waals surface area contributed by atoms with E-state index < -0.39 is 0 Å². The van der Waals surface area contributed by atoms with E-state index >= 15 is 0 Å². The van der Waals surface area contributed by atoms with E-state index in [0.29, 0.717) is 6.61 Å². The van der Waals surface area contributed by atoms with Gasteiger partial charge in [-0.2, -0.15) is 0 Å². The predicted octanol–water partition coefficient (Wildman–Crippen LogP) is 3.26. The van der Waals surface area contributed by atoms with Gasteiger partial charge >= 0.3 is 0 Å². The number of ether oxygens (including phenoxy) is 1. The first kappa shape index (κ1) is 10.4. The molecule has 0 aliphatic rings. The molecule has 1 aromatic carbocycles. The molecule has 0 bridgehead atoms. The monoisotopic (exact) mass is 198 g/mol. The van der Waals surface area contributed by atoms with Crippen molar-refractivity contribution in [1.29, 1.82) is 0 Å². The summed E-state index contributed by atoms with van der Waals surface area (Å²) < 4.78 is 5.48. The Morgan fingerprint density at radius 1 is 1.38 bits per heavy atom. The molecular weight excluding hydrogens is 184 g/mol. The second-order valence-electron chi connectivity index (χ2n) is 3.03. The van der Waals surface area contributed by atoms with Crippen molar-refractivity contribution in [3.8, 4) is 5.75 Å². The van der Waals surface area contributed by atoms with Crippen LogP contribution in [-0.4, -0.2) is 12.0 Å². The van der Waals surface area contributed by atoms with Gasteiger partial charge in [-0.1, -0.05) is 18.2 Å². The SMILES string of the molecule is CCOc1ccccc1CC(C)Cl. The summed E-state index contributed by atoms with van der Waals surface area (Å²) in [4.78, 5) is 0. The summed E-state index contributed by atoms with van der Waals surface area (Å²) in [6, 6.07) is 8.03. The molecule has 0 saturated carbocycles. The average Bonchev–Trinajstić information content (AvgIpc) is 2.08. The smallest absolute Gasteiger partial charge is 0.122 e. The Labute approximate surface area is 84.7 Å². The van der Waals surface area contributed by atoms with Crippen molar-refractivity contribution in [2.24, 2.45) is 0 Å². The summed E-state index contributed by atoms with van der Waals surface area (Å²) in [5, 5.41) is 0.154. The van der Waals surface area contributed by atoms with Crippen molar-refractivity contribution < 1.29 is 4.74 Å². The molecule has 1 nitrogen and oxygen atoms in total. The number of hydrogen-bond donors (Lipinski definition) is 0. The third kappa shape index (κ3) is 3.27. The van der Waals surface area contributed by atoms with E-state index in [0.717, 1.165) is 12.2 Å². The van der Waals surface area contributed by atoms with Gasteiger partial charge in [0, 0.05) is 5.38 Å². The molecule has 13 heavy (non-hydrogen) atoms. The highest BCUT2D eigenvalue weighted by atomic mass is 35.5. The lowest BCUT2D eigenvalue weighted by atomic mass is 10.1. The van der Waals surface area contributed by atoms with Crippen LogP contribution >= 0.6 is 11.6 Å². The largest absolute Gasteiger partial charge is 0.494 e. The van der Waals surface area contributed by atoms with Gasteiger partial charge in [0.1, 0.15) is 5.75 Å².